The van der Waals surface area contributed by atoms with Gasteiger partial charge in [-0.25, -0.2) is 4.98 Å². The van der Waals surface area contributed by atoms with Gasteiger partial charge < -0.3 is 4.90 Å². The minimum Gasteiger partial charge on any atom is -0.309 e. The highest BCUT2D eigenvalue weighted by atomic mass is 35.5. The molecule has 0 saturated heterocycles. The maximum Gasteiger partial charge on any atom is 0.260 e. The zero-order chi connectivity index (χ0) is 18.7. The number of aryl methyl sites for hydroxylation is 1. The Hall–Kier alpha value is -1.95. The SMILES string of the molecule is Cc1ccc(C(=O)N(CCCN(C)C)c2nc3ccc(Cl)cc3s2)cc1. The Bertz CT molecular complexity index is 905. The van der Waals surface area contributed by atoms with Gasteiger partial charge >= 0.3 is 0 Å². The summed E-state index contributed by atoms with van der Waals surface area (Å²) in [5, 5.41) is 1.39. The minimum absolute atomic E-state index is 0.0195. The second-order valence-electron chi connectivity index (χ2n) is 6.59. The van der Waals surface area contributed by atoms with Crippen LogP contribution in [-0.4, -0.2) is 43.0 Å². The van der Waals surface area contributed by atoms with Crippen molar-refractivity contribution in [1.82, 2.24) is 9.88 Å². The summed E-state index contributed by atoms with van der Waals surface area (Å²) < 4.78 is 0.988. The number of anilines is 1. The fourth-order valence-corrected chi connectivity index (χ4v) is 3.95. The smallest absolute Gasteiger partial charge is 0.260 e. The summed E-state index contributed by atoms with van der Waals surface area (Å²) >= 11 is 7.59. The van der Waals surface area contributed by atoms with Crippen LogP contribution in [0.1, 0.15) is 22.3 Å². The van der Waals surface area contributed by atoms with Crippen molar-refractivity contribution in [3.63, 3.8) is 0 Å². The Kier molecular flexibility index (Phi) is 5.91. The van der Waals surface area contributed by atoms with Gasteiger partial charge in [-0.05, 0) is 64.3 Å². The lowest BCUT2D eigenvalue weighted by atomic mass is 10.1. The van der Waals surface area contributed by atoms with Gasteiger partial charge in [-0.2, -0.15) is 0 Å². The second-order valence-corrected chi connectivity index (χ2v) is 8.03. The number of nitrogens with zero attached hydrogens (tertiary/aromatic N) is 3. The van der Waals surface area contributed by atoms with Gasteiger partial charge in [0.05, 0.1) is 10.2 Å². The zero-order valence-corrected chi connectivity index (χ0v) is 16.8. The number of rotatable bonds is 6. The number of carbonyl (C=O) groups is 1. The first-order valence-electron chi connectivity index (χ1n) is 8.53. The fourth-order valence-electron chi connectivity index (χ4n) is 2.68. The largest absolute Gasteiger partial charge is 0.309 e. The number of hydrogen-bond acceptors (Lipinski definition) is 4. The Balaban J connectivity index is 1.92. The van der Waals surface area contributed by atoms with Crippen molar-refractivity contribution in [3.8, 4) is 0 Å². The molecule has 3 aromatic rings. The first kappa shape index (κ1) is 18.8. The Morgan fingerprint density at radius 1 is 1.12 bits per heavy atom. The summed E-state index contributed by atoms with van der Waals surface area (Å²) in [5.41, 5.74) is 2.68. The summed E-state index contributed by atoms with van der Waals surface area (Å²) in [6, 6.07) is 13.3. The summed E-state index contributed by atoms with van der Waals surface area (Å²) in [6.07, 6.45) is 0.876. The lowest BCUT2D eigenvalue weighted by molar-refractivity contribution is 0.0986. The van der Waals surface area contributed by atoms with E-state index in [1.54, 1.807) is 4.90 Å². The predicted octanol–water partition coefficient (Wildman–Crippen LogP) is 4.86. The van der Waals surface area contributed by atoms with Gasteiger partial charge in [-0.3, -0.25) is 9.69 Å². The minimum atomic E-state index is -0.0195. The highest BCUT2D eigenvalue weighted by molar-refractivity contribution is 7.22. The van der Waals surface area contributed by atoms with Gasteiger partial charge in [0, 0.05) is 17.1 Å². The zero-order valence-electron chi connectivity index (χ0n) is 15.2. The van der Waals surface area contributed by atoms with Gasteiger partial charge in [0.1, 0.15) is 0 Å². The van der Waals surface area contributed by atoms with E-state index in [4.69, 9.17) is 11.6 Å². The monoisotopic (exact) mass is 387 g/mol. The van der Waals surface area contributed by atoms with Crippen LogP contribution >= 0.6 is 22.9 Å². The predicted molar refractivity (Wildman–Crippen MR) is 111 cm³/mol. The van der Waals surface area contributed by atoms with Crippen LogP contribution in [0.25, 0.3) is 10.2 Å². The summed E-state index contributed by atoms with van der Waals surface area (Å²) in [6.45, 7) is 3.55. The van der Waals surface area contributed by atoms with E-state index in [2.05, 4.69) is 9.88 Å². The van der Waals surface area contributed by atoms with Crippen molar-refractivity contribution >= 4 is 44.2 Å². The van der Waals surface area contributed by atoms with Crippen LogP contribution < -0.4 is 4.90 Å². The van der Waals surface area contributed by atoms with Gasteiger partial charge in [0.2, 0.25) is 0 Å². The second kappa shape index (κ2) is 8.16. The normalized spacial score (nSPS) is 11.3. The first-order chi connectivity index (χ1) is 12.4. The quantitative estimate of drug-likeness (QED) is 0.606. The standard InChI is InChI=1S/C20H22ClN3OS/c1-14-5-7-15(8-6-14)19(25)24(12-4-11-23(2)3)20-22-17-10-9-16(21)13-18(17)26-20/h5-10,13H,4,11-12H2,1-3H3. The number of hydrogen-bond donors (Lipinski definition) is 0. The van der Waals surface area contributed by atoms with E-state index in [0.29, 0.717) is 22.3 Å². The van der Waals surface area contributed by atoms with Crippen LogP contribution in [0, 0.1) is 6.92 Å². The molecule has 136 valence electrons. The molecular formula is C20H22ClN3OS. The lowest BCUT2D eigenvalue weighted by Gasteiger charge is -2.21. The number of fused-ring (bicyclic) bond motifs is 1. The molecule has 1 amide bonds. The molecule has 0 aliphatic heterocycles. The molecule has 0 aliphatic carbocycles. The van der Waals surface area contributed by atoms with E-state index < -0.39 is 0 Å². The number of thiazole rings is 1. The van der Waals surface area contributed by atoms with E-state index in [-0.39, 0.29) is 5.91 Å². The molecular weight excluding hydrogens is 366 g/mol. The Morgan fingerprint density at radius 2 is 1.85 bits per heavy atom. The van der Waals surface area contributed by atoms with Crippen molar-refractivity contribution in [1.29, 1.82) is 0 Å². The number of halogens is 1. The highest BCUT2D eigenvalue weighted by Crippen LogP contribution is 2.31. The van der Waals surface area contributed by atoms with E-state index in [0.717, 1.165) is 28.7 Å². The Morgan fingerprint density at radius 3 is 2.54 bits per heavy atom. The van der Waals surface area contributed by atoms with Crippen LogP contribution in [-0.2, 0) is 0 Å². The molecule has 0 fully saturated rings. The average molecular weight is 388 g/mol. The van der Waals surface area contributed by atoms with Crippen molar-refractivity contribution in [2.45, 2.75) is 13.3 Å². The lowest BCUT2D eigenvalue weighted by Crippen LogP contribution is -2.33. The maximum absolute atomic E-state index is 13.1. The summed E-state index contributed by atoms with van der Waals surface area (Å²) in [7, 11) is 4.07. The van der Waals surface area contributed by atoms with Crippen LogP contribution in [0.4, 0.5) is 5.13 Å². The van der Waals surface area contributed by atoms with Crippen molar-refractivity contribution < 1.29 is 4.79 Å². The van der Waals surface area contributed by atoms with E-state index >= 15 is 0 Å². The molecule has 26 heavy (non-hydrogen) atoms. The molecule has 0 spiro atoms. The van der Waals surface area contributed by atoms with Crippen LogP contribution in [0.5, 0.6) is 0 Å². The van der Waals surface area contributed by atoms with Gasteiger partial charge in [0.15, 0.2) is 5.13 Å². The number of carbonyl (C=O) groups excluding carboxylic acids is 1. The van der Waals surface area contributed by atoms with Crippen LogP contribution in [0.2, 0.25) is 5.02 Å². The van der Waals surface area contributed by atoms with E-state index in [1.165, 1.54) is 11.3 Å². The molecule has 1 aromatic heterocycles. The third-order valence-corrected chi connectivity index (χ3v) is 5.38. The third-order valence-electron chi connectivity index (χ3n) is 4.10. The van der Waals surface area contributed by atoms with Crippen LogP contribution in [0.15, 0.2) is 42.5 Å². The maximum atomic E-state index is 13.1. The average Bonchev–Trinajstić information content (AvgIpc) is 3.01. The Labute approximate surface area is 163 Å². The molecule has 0 atom stereocenters. The number of aromatic nitrogens is 1. The third kappa shape index (κ3) is 4.41. The van der Waals surface area contributed by atoms with E-state index in [9.17, 15) is 4.79 Å². The van der Waals surface area contributed by atoms with Crippen molar-refractivity contribution in [2.24, 2.45) is 0 Å². The van der Waals surface area contributed by atoms with Crippen molar-refractivity contribution in [2.75, 3.05) is 32.1 Å². The topological polar surface area (TPSA) is 36.4 Å². The van der Waals surface area contributed by atoms with Crippen molar-refractivity contribution in [3.05, 3.63) is 58.6 Å². The summed E-state index contributed by atoms with van der Waals surface area (Å²) in [4.78, 5) is 21.7. The van der Waals surface area contributed by atoms with Crippen LogP contribution in [0.3, 0.4) is 0 Å². The molecule has 4 nitrogen and oxygen atoms in total. The highest BCUT2D eigenvalue weighted by Gasteiger charge is 2.21. The van der Waals surface area contributed by atoms with Gasteiger partial charge in [-0.1, -0.05) is 40.6 Å². The number of amides is 1. The van der Waals surface area contributed by atoms with Gasteiger partial charge in [-0.15, -0.1) is 0 Å². The molecule has 1 heterocycles. The molecule has 2 aromatic carbocycles. The molecule has 0 N–H and O–H groups in total. The number of benzene rings is 2. The first-order valence-corrected chi connectivity index (χ1v) is 9.73. The molecule has 0 radical (unpaired) electrons. The molecule has 0 bridgehead atoms. The molecule has 0 saturated carbocycles. The molecule has 3 rings (SSSR count). The molecule has 0 unspecified atom stereocenters. The fraction of sp³-hybridized carbons (Fsp3) is 0.300. The molecule has 6 heteroatoms. The molecule has 0 aliphatic rings. The van der Waals surface area contributed by atoms with Gasteiger partial charge in [0.25, 0.3) is 5.91 Å². The summed E-state index contributed by atoms with van der Waals surface area (Å²) in [5.74, 6) is -0.0195. The van der Waals surface area contributed by atoms with E-state index in [1.807, 2.05) is 63.5 Å².